The van der Waals surface area contributed by atoms with Gasteiger partial charge in [0.15, 0.2) is 0 Å². The molecule has 0 saturated carbocycles. The first-order chi connectivity index (χ1) is 9.36. The van der Waals surface area contributed by atoms with Crippen LogP contribution in [0.25, 0.3) is 10.1 Å². The number of rotatable bonds is 5. The maximum atomic E-state index is 5.71. The van der Waals surface area contributed by atoms with Crippen LogP contribution in [0.2, 0.25) is 0 Å². The van der Waals surface area contributed by atoms with Crippen molar-refractivity contribution in [3.63, 3.8) is 0 Å². The SMILES string of the molecule is NNC(Cc1cccs1)Cc1csc2ccccc12. The number of fused-ring (bicyclic) bond motifs is 1. The minimum atomic E-state index is 0.289. The van der Waals surface area contributed by atoms with Crippen LogP contribution in [0.4, 0.5) is 0 Å². The third kappa shape index (κ3) is 2.87. The molecule has 98 valence electrons. The molecule has 0 fully saturated rings. The number of hydrogen-bond donors (Lipinski definition) is 2. The van der Waals surface area contributed by atoms with E-state index in [1.165, 1.54) is 20.5 Å². The highest BCUT2D eigenvalue weighted by atomic mass is 32.1. The Morgan fingerprint density at radius 3 is 2.74 bits per heavy atom. The Hall–Kier alpha value is -1.20. The van der Waals surface area contributed by atoms with Crippen molar-refractivity contribution >= 4 is 32.8 Å². The molecular formula is C15H16N2S2. The van der Waals surface area contributed by atoms with Crippen molar-refractivity contribution in [2.75, 3.05) is 0 Å². The van der Waals surface area contributed by atoms with Crippen molar-refractivity contribution in [2.45, 2.75) is 18.9 Å². The zero-order valence-electron chi connectivity index (χ0n) is 10.5. The fourth-order valence-electron chi connectivity index (χ4n) is 2.32. The van der Waals surface area contributed by atoms with Gasteiger partial charge in [0, 0.05) is 15.6 Å². The monoisotopic (exact) mass is 288 g/mol. The molecule has 2 aromatic heterocycles. The topological polar surface area (TPSA) is 38.0 Å². The molecule has 0 radical (unpaired) electrons. The van der Waals surface area contributed by atoms with Crippen molar-refractivity contribution in [3.05, 3.63) is 57.6 Å². The highest BCUT2D eigenvalue weighted by Gasteiger charge is 2.12. The predicted octanol–water partition coefficient (Wildman–Crippen LogP) is 3.58. The van der Waals surface area contributed by atoms with Crippen molar-refractivity contribution < 1.29 is 0 Å². The van der Waals surface area contributed by atoms with Gasteiger partial charge in [0.05, 0.1) is 0 Å². The molecule has 3 rings (SSSR count). The molecule has 2 heterocycles. The van der Waals surface area contributed by atoms with Crippen molar-refractivity contribution in [3.8, 4) is 0 Å². The van der Waals surface area contributed by atoms with E-state index in [9.17, 15) is 0 Å². The Morgan fingerprint density at radius 2 is 1.95 bits per heavy atom. The van der Waals surface area contributed by atoms with E-state index in [0.717, 1.165) is 12.8 Å². The summed E-state index contributed by atoms with van der Waals surface area (Å²) in [6, 6.07) is 13.1. The lowest BCUT2D eigenvalue weighted by Crippen LogP contribution is -2.38. The number of nitrogens with one attached hydrogen (secondary N) is 1. The molecule has 0 aliphatic rings. The van der Waals surface area contributed by atoms with Gasteiger partial charge in [-0.1, -0.05) is 24.3 Å². The number of benzene rings is 1. The average molecular weight is 288 g/mol. The molecule has 0 bridgehead atoms. The van der Waals surface area contributed by atoms with Gasteiger partial charge >= 0.3 is 0 Å². The maximum absolute atomic E-state index is 5.71. The summed E-state index contributed by atoms with van der Waals surface area (Å²) >= 11 is 3.60. The summed E-state index contributed by atoms with van der Waals surface area (Å²) in [6.07, 6.45) is 1.96. The molecule has 19 heavy (non-hydrogen) atoms. The van der Waals surface area contributed by atoms with Crippen LogP contribution < -0.4 is 11.3 Å². The molecule has 0 amide bonds. The first kappa shape index (κ1) is 12.8. The molecular weight excluding hydrogens is 272 g/mol. The van der Waals surface area contributed by atoms with Crippen LogP contribution in [0.5, 0.6) is 0 Å². The third-order valence-corrected chi connectivity index (χ3v) is 5.20. The molecule has 2 nitrogen and oxygen atoms in total. The number of nitrogens with two attached hydrogens (primary N) is 1. The van der Waals surface area contributed by atoms with Gasteiger partial charge in [-0.25, -0.2) is 0 Å². The van der Waals surface area contributed by atoms with Crippen molar-refractivity contribution in [1.29, 1.82) is 0 Å². The predicted molar refractivity (Wildman–Crippen MR) is 84.7 cm³/mol. The average Bonchev–Trinajstić information content (AvgIpc) is 3.08. The van der Waals surface area contributed by atoms with Gasteiger partial charge in [-0.3, -0.25) is 11.3 Å². The normalized spacial score (nSPS) is 12.9. The molecule has 3 aromatic rings. The van der Waals surface area contributed by atoms with Crippen LogP contribution in [0, 0.1) is 0 Å². The van der Waals surface area contributed by atoms with Crippen LogP contribution >= 0.6 is 22.7 Å². The second-order valence-electron chi connectivity index (χ2n) is 4.61. The lowest BCUT2D eigenvalue weighted by Gasteiger charge is -2.14. The van der Waals surface area contributed by atoms with Crippen molar-refractivity contribution in [1.82, 2.24) is 5.43 Å². The fourth-order valence-corrected chi connectivity index (χ4v) is 4.08. The van der Waals surface area contributed by atoms with Gasteiger partial charge < -0.3 is 0 Å². The molecule has 0 spiro atoms. The van der Waals surface area contributed by atoms with Crippen LogP contribution in [0.1, 0.15) is 10.4 Å². The summed E-state index contributed by atoms with van der Waals surface area (Å²) in [6.45, 7) is 0. The minimum Gasteiger partial charge on any atom is -0.271 e. The Bertz CT molecular complexity index is 643. The number of hydrogen-bond acceptors (Lipinski definition) is 4. The zero-order chi connectivity index (χ0) is 13.1. The molecule has 0 saturated heterocycles. The molecule has 1 aromatic carbocycles. The maximum Gasteiger partial charge on any atom is 0.0345 e. The summed E-state index contributed by atoms with van der Waals surface area (Å²) in [7, 11) is 0. The van der Waals surface area contributed by atoms with Crippen LogP contribution in [-0.4, -0.2) is 6.04 Å². The van der Waals surface area contributed by atoms with Gasteiger partial charge in [0.2, 0.25) is 0 Å². The Labute approximate surface area is 120 Å². The van der Waals surface area contributed by atoms with Crippen LogP contribution in [0.15, 0.2) is 47.2 Å². The molecule has 4 heteroatoms. The lowest BCUT2D eigenvalue weighted by atomic mass is 10.0. The Morgan fingerprint density at radius 1 is 1.05 bits per heavy atom. The largest absolute Gasteiger partial charge is 0.271 e. The van der Waals surface area contributed by atoms with Gasteiger partial charge in [0.25, 0.3) is 0 Å². The highest BCUT2D eigenvalue weighted by Crippen LogP contribution is 2.27. The summed E-state index contributed by atoms with van der Waals surface area (Å²) in [5, 5.41) is 5.73. The molecule has 1 unspecified atom stereocenters. The second kappa shape index (κ2) is 5.84. The van der Waals surface area contributed by atoms with E-state index in [1.54, 1.807) is 11.3 Å². The van der Waals surface area contributed by atoms with Gasteiger partial charge in [-0.05, 0) is 46.7 Å². The molecule has 0 aliphatic carbocycles. The minimum absolute atomic E-state index is 0.289. The lowest BCUT2D eigenvalue weighted by molar-refractivity contribution is 0.527. The van der Waals surface area contributed by atoms with Gasteiger partial charge in [-0.15, -0.1) is 22.7 Å². The smallest absolute Gasteiger partial charge is 0.0345 e. The van der Waals surface area contributed by atoms with E-state index in [4.69, 9.17) is 5.84 Å². The van der Waals surface area contributed by atoms with E-state index in [-0.39, 0.29) is 6.04 Å². The standard InChI is InChI=1S/C15H16N2S2/c16-17-12(9-13-4-3-7-18-13)8-11-10-19-15-6-2-1-5-14(11)15/h1-7,10,12,17H,8-9,16H2. The number of thiophene rings is 2. The van der Waals surface area contributed by atoms with E-state index < -0.39 is 0 Å². The highest BCUT2D eigenvalue weighted by molar-refractivity contribution is 7.17. The molecule has 1 atom stereocenters. The van der Waals surface area contributed by atoms with E-state index in [0.29, 0.717) is 0 Å². The quantitative estimate of drug-likeness (QED) is 0.556. The summed E-state index contributed by atoms with van der Waals surface area (Å²) in [5.41, 5.74) is 4.34. The van der Waals surface area contributed by atoms with Crippen LogP contribution in [0.3, 0.4) is 0 Å². The van der Waals surface area contributed by atoms with Crippen molar-refractivity contribution in [2.24, 2.45) is 5.84 Å². The summed E-state index contributed by atoms with van der Waals surface area (Å²) < 4.78 is 1.35. The summed E-state index contributed by atoms with van der Waals surface area (Å²) in [4.78, 5) is 1.38. The van der Waals surface area contributed by atoms with E-state index in [1.807, 2.05) is 11.3 Å². The van der Waals surface area contributed by atoms with E-state index >= 15 is 0 Å². The summed E-state index contributed by atoms with van der Waals surface area (Å²) in [5.74, 6) is 5.71. The zero-order valence-corrected chi connectivity index (χ0v) is 12.1. The Kier molecular flexibility index (Phi) is 3.94. The van der Waals surface area contributed by atoms with Gasteiger partial charge in [0.1, 0.15) is 0 Å². The second-order valence-corrected chi connectivity index (χ2v) is 6.55. The number of hydrazine groups is 1. The first-order valence-corrected chi connectivity index (χ1v) is 8.06. The molecule has 3 N–H and O–H groups in total. The van der Waals surface area contributed by atoms with Crippen LogP contribution in [-0.2, 0) is 12.8 Å². The fraction of sp³-hybridized carbons (Fsp3) is 0.200. The molecule has 0 aliphatic heterocycles. The first-order valence-electron chi connectivity index (χ1n) is 6.30. The third-order valence-electron chi connectivity index (χ3n) is 3.29. The Balaban J connectivity index is 1.78. The van der Waals surface area contributed by atoms with E-state index in [2.05, 4.69) is 52.6 Å². The van der Waals surface area contributed by atoms with Gasteiger partial charge in [-0.2, -0.15) is 0 Å².